The molecule has 3 rings (SSSR count). The summed E-state index contributed by atoms with van der Waals surface area (Å²) in [6, 6.07) is 5.22. The van der Waals surface area contributed by atoms with E-state index in [2.05, 4.69) is 10.2 Å². The van der Waals surface area contributed by atoms with Crippen LogP contribution in [0.25, 0.3) is 0 Å². The number of hydrogen-bond acceptors (Lipinski definition) is 6. The Balaban J connectivity index is 1.73. The van der Waals surface area contributed by atoms with Crippen molar-refractivity contribution in [3.8, 4) is 0 Å². The highest BCUT2D eigenvalue weighted by Crippen LogP contribution is 2.24. The van der Waals surface area contributed by atoms with Gasteiger partial charge in [-0.2, -0.15) is 0 Å². The van der Waals surface area contributed by atoms with Gasteiger partial charge in [-0.25, -0.2) is 4.79 Å². The van der Waals surface area contributed by atoms with Crippen molar-refractivity contribution in [2.24, 2.45) is 0 Å². The molecule has 1 aromatic carbocycles. The number of fused-ring (bicyclic) bond motifs is 1. The third-order valence-corrected chi connectivity index (χ3v) is 4.01. The van der Waals surface area contributed by atoms with Gasteiger partial charge < -0.3 is 20.3 Å². The molecule has 3 N–H and O–H groups in total. The summed E-state index contributed by atoms with van der Waals surface area (Å²) < 4.78 is 4.77. The van der Waals surface area contributed by atoms with Gasteiger partial charge in [0, 0.05) is 39.1 Å². The topological polar surface area (TPSA) is 82.0 Å². The number of hydrogen-bond donors (Lipinski definition) is 3. The molecule has 0 spiro atoms. The lowest BCUT2D eigenvalue weighted by Gasteiger charge is -2.29. The second-order valence-electron chi connectivity index (χ2n) is 5.55. The minimum Gasteiger partial charge on any atom is -0.432 e. The summed E-state index contributed by atoms with van der Waals surface area (Å²) >= 11 is 0. The normalized spacial score (nSPS) is 24.3. The molecular weight excluding hydrogens is 272 g/mol. The number of carbonyl (C=O) groups is 1. The summed E-state index contributed by atoms with van der Waals surface area (Å²) in [4.78, 5) is 13.8. The van der Waals surface area contributed by atoms with Crippen LogP contribution >= 0.6 is 0 Å². The first-order valence-electron chi connectivity index (χ1n) is 7.26. The van der Waals surface area contributed by atoms with Gasteiger partial charge in [0.2, 0.25) is 6.29 Å². The van der Waals surface area contributed by atoms with Crippen LogP contribution in [0.3, 0.4) is 0 Å². The molecule has 0 bridgehead atoms. The van der Waals surface area contributed by atoms with Gasteiger partial charge in [-0.05, 0) is 17.2 Å². The smallest absolute Gasteiger partial charge is 0.340 e. The van der Waals surface area contributed by atoms with Crippen LogP contribution in [-0.2, 0) is 11.2 Å². The number of ether oxygens (including phenoxy) is 1. The summed E-state index contributed by atoms with van der Waals surface area (Å²) in [5, 5.41) is 23.1. The Morgan fingerprint density at radius 1 is 1.38 bits per heavy atom. The van der Waals surface area contributed by atoms with E-state index in [0.29, 0.717) is 12.1 Å². The molecule has 114 valence electrons. The number of nitrogens with zero attached hydrogens (tertiary/aromatic N) is 1. The predicted molar refractivity (Wildman–Crippen MR) is 75.8 cm³/mol. The molecule has 0 aromatic heterocycles. The SMILES string of the molecule is O=C1OC(O)Cc2cc(C(O)CN3CCNCC3)ccc21. The second-order valence-corrected chi connectivity index (χ2v) is 5.55. The zero-order chi connectivity index (χ0) is 14.8. The second kappa shape index (κ2) is 6.11. The zero-order valence-electron chi connectivity index (χ0n) is 11.8. The Kier molecular flexibility index (Phi) is 4.21. The first-order valence-corrected chi connectivity index (χ1v) is 7.26. The van der Waals surface area contributed by atoms with Crippen molar-refractivity contribution in [1.82, 2.24) is 10.2 Å². The van der Waals surface area contributed by atoms with Crippen molar-refractivity contribution in [2.45, 2.75) is 18.8 Å². The minimum absolute atomic E-state index is 0.273. The van der Waals surface area contributed by atoms with Gasteiger partial charge in [0.05, 0.1) is 11.7 Å². The lowest BCUT2D eigenvalue weighted by molar-refractivity contribution is -0.0687. The van der Waals surface area contributed by atoms with Crippen molar-refractivity contribution in [3.05, 3.63) is 34.9 Å². The molecule has 1 saturated heterocycles. The molecule has 2 aliphatic rings. The maximum absolute atomic E-state index is 11.6. The molecule has 6 nitrogen and oxygen atoms in total. The average molecular weight is 292 g/mol. The fraction of sp³-hybridized carbons (Fsp3) is 0.533. The zero-order valence-corrected chi connectivity index (χ0v) is 11.8. The van der Waals surface area contributed by atoms with Crippen molar-refractivity contribution < 1.29 is 19.7 Å². The van der Waals surface area contributed by atoms with Crippen LogP contribution < -0.4 is 5.32 Å². The number of cyclic esters (lactones) is 1. The Labute approximate surface area is 123 Å². The number of nitrogens with one attached hydrogen (secondary N) is 1. The van der Waals surface area contributed by atoms with Gasteiger partial charge in [0.1, 0.15) is 0 Å². The number of esters is 1. The van der Waals surface area contributed by atoms with Crippen molar-refractivity contribution >= 4 is 5.97 Å². The summed E-state index contributed by atoms with van der Waals surface area (Å²) in [5.74, 6) is -0.508. The standard InChI is InChI=1S/C15H20N2O4/c18-13(9-17-5-3-16-4-6-17)10-1-2-12-11(7-10)8-14(19)21-15(12)20/h1-2,7,13-14,16,18-19H,3-6,8-9H2. The van der Waals surface area contributed by atoms with Crippen molar-refractivity contribution in [1.29, 1.82) is 0 Å². The Hall–Kier alpha value is -1.47. The highest BCUT2D eigenvalue weighted by atomic mass is 16.6. The van der Waals surface area contributed by atoms with E-state index in [4.69, 9.17) is 4.74 Å². The molecule has 2 atom stereocenters. The number of aliphatic hydroxyl groups is 2. The number of piperazine rings is 1. The van der Waals surface area contributed by atoms with Crippen LogP contribution in [0.2, 0.25) is 0 Å². The summed E-state index contributed by atoms with van der Waals surface area (Å²) in [6.07, 6.45) is -1.41. The number of benzene rings is 1. The van der Waals surface area contributed by atoms with Gasteiger partial charge in [-0.15, -0.1) is 0 Å². The largest absolute Gasteiger partial charge is 0.432 e. The molecule has 1 fully saturated rings. The molecule has 1 aromatic rings. The molecule has 6 heteroatoms. The molecular formula is C15H20N2O4. The van der Waals surface area contributed by atoms with Gasteiger partial charge in [-0.1, -0.05) is 12.1 Å². The van der Waals surface area contributed by atoms with Gasteiger partial charge >= 0.3 is 5.97 Å². The number of carbonyl (C=O) groups excluding carboxylic acids is 1. The monoisotopic (exact) mass is 292 g/mol. The van der Waals surface area contributed by atoms with Crippen LogP contribution in [0, 0.1) is 0 Å². The van der Waals surface area contributed by atoms with E-state index in [1.54, 1.807) is 18.2 Å². The third kappa shape index (κ3) is 3.24. The molecule has 2 aliphatic heterocycles. The van der Waals surface area contributed by atoms with E-state index >= 15 is 0 Å². The van der Waals surface area contributed by atoms with Gasteiger partial charge in [-0.3, -0.25) is 4.90 Å². The molecule has 2 unspecified atom stereocenters. The quantitative estimate of drug-likeness (QED) is 0.661. The minimum atomic E-state index is -1.09. The summed E-state index contributed by atoms with van der Waals surface area (Å²) in [6.45, 7) is 4.30. The van der Waals surface area contributed by atoms with Crippen molar-refractivity contribution in [2.75, 3.05) is 32.7 Å². The van der Waals surface area contributed by atoms with Crippen LogP contribution in [0.4, 0.5) is 0 Å². The fourth-order valence-electron chi connectivity index (χ4n) is 2.85. The van der Waals surface area contributed by atoms with E-state index in [1.165, 1.54) is 0 Å². The number of aliphatic hydroxyl groups excluding tert-OH is 2. The van der Waals surface area contributed by atoms with Gasteiger partial charge in [0.25, 0.3) is 0 Å². The molecule has 0 saturated carbocycles. The molecule has 21 heavy (non-hydrogen) atoms. The first kappa shape index (κ1) is 14.5. The molecule has 2 heterocycles. The van der Waals surface area contributed by atoms with E-state index in [0.717, 1.165) is 37.3 Å². The highest BCUT2D eigenvalue weighted by Gasteiger charge is 2.26. The lowest BCUT2D eigenvalue weighted by Crippen LogP contribution is -2.45. The average Bonchev–Trinajstić information content (AvgIpc) is 2.47. The molecule has 0 aliphatic carbocycles. The van der Waals surface area contributed by atoms with E-state index < -0.39 is 18.4 Å². The predicted octanol–water partition coefficient (Wildman–Crippen LogP) is -0.343. The first-order chi connectivity index (χ1) is 10.1. The fourth-order valence-corrected chi connectivity index (χ4v) is 2.85. The number of β-amino-alcohol motifs (C(OH)–C–C–N with tert-alkyl or cyclic N) is 1. The highest BCUT2D eigenvalue weighted by molar-refractivity contribution is 5.92. The Morgan fingerprint density at radius 3 is 2.90 bits per heavy atom. The van der Waals surface area contributed by atoms with Crippen LogP contribution in [0.15, 0.2) is 18.2 Å². The van der Waals surface area contributed by atoms with Crippen molar-refractivity contribution in [3.63, 3.8) is 0 Å². The van der Waals surface area contributed by atoms with Crippen LogP contribution in [0.5, 0.6) is 0 Å². The van der Waals surface area contributed by atoms with Gasteiger partial charge in [0.15, 0.2) is 0 Å². The van der Waals surface area contributed by atoms with E-state index in [1.807, 2.05) is 0 Å². The molecule has 0 radical (unpaired) electrons. The number of rotatable bonds is 3. The lowest BCUT2D eigenvalue weighted by atomic mass is 9.96. The maximum Gasteiger partial charge on any atom is 0.340 e. The maximum atomic E-state index is 11.6. The van der Waals surface area contributed by atoms with Crippen LogP contribution in [-0.4, -0.2) is 60.1 Å². The van der Waals surface area contributed by atoms with Crippen LogP contribution in [0.1, 0.15) is 27.6 Å². The Bertz CT molecular complexity index is 528. The molecule has 0 amide bonds. The van der Waals surface area contributed by atoms with E-state index in [-0.39, 0.29) is 6.42 Å². The summed E-state index contributed by atoms with van der Waals surface area (Å²) in [7, 11) is 0. The summed E-state index contributed by atoms with van der Waals surface area (Å²) in [5.41, 5.74) is 1.98. The van der Waals surface area contributed by atoms with E-state index in [9.17, 15) is 15.0 Å². The Morgan fingerprint density at radius 2 is 2.14 bits per heavy atom. The third-order valence-electron chi connectivity index (χ3n) is 4.01.